The van der Waals surface area contributed by atoms with Gasteiger partial charge in [-0.15, -0.1) is 0 Å². The maximum absolute atomic E-state index is 12.6. The summed E-state index contributed by atoms with van der Waals surface area (Å²) in [5, 5.41) is 12.5. The molecule has 1 aliphatic carbocycles. The molecule has 120 valence electrons. The lowest BCUT2D eigenvalue weighted by Crippen LogP contribution is -2.53. The first-order chi connectivity index (χ1) is 9.95. The van der Waals surface area contributed by atoms with Crippen molar-refractivity contribution in [3.8, 4) is 0 Å². The van der Waals surface area contributed by atoms with Crippen LogP contribution in [-0.4, -0.2) is 40.1 Å². The van der Waals surface area contributed by atoms with Crippen molar-refractivity contribution in [2.75, 3.05) is 0 Å². The van der Waals surface area contributed by atoms with Crippen molar-refractivity contribution in [1.29, 1.82) is 0 Å². The van der Waals surface area contributed by atoms with E-state index in [1.165, 1.54) is 0 Å². The van der Waals surface area contributed by atoms with Gasteiger partial charge >= 0.3 is 12.0 Å². The van der Waals surface area contributed by atoms with Crippen LogP contribution in [0.3, 0.4) is 0 Å². The summed E-state index contributed by atoms with van der Waals surface area (Å²) in [5.41, 5.74) is 0. The van der Waals surface area contributed by atoms with Crippen molar-refractivity contribution in [3.63, 3.8) is 0 Å². The molecule has 21 heavy (non-hydrogen) atoms. The average Bonchev–Trinajstić information content (AvgIpc) is 2.83. The van der Waals surface area contributed by atoms with Gasteiger partial charge in [0.15, 0.2) is 0 Å². The van der Waals surface area contributed by atoms with E-state index in [0.29, 0.717) is 18.3 Å². The van der Waals surface area contributed by atoms with E-state index >= 15 is 0 Å². The molecule has 1 heterocycles. The molecule has 0 radical (unpaired) electrons. The van der Waals surface area contributed by atoms with Crippen LogP contribution in [-0.2, 0) is 4.79 Å². The van der Waals surface area contributed by atoms with Crippen LogP contribution in [0.25, 0.3) is 0 Å². The fourth-order valence-electron chi connectivity index (χ4n) is 3.95. The maximum atomic E-state index is 12.6. The van der Waals surface area contributed by atoms with E-state index in [-0.39, 0.29) is 18.1 Å². The van der Waals surface area contributed by atoms with E-state index in [2.05, 4.69) is 19.2 Å². The largest absolute Gasteiger partial charge is 0.480 e. The molecule has 1 saturated carbocycles. The molecule has 1 saturated heterocycles. The summed E-state index contributed by atoms with van der Waals surface area (Å²) in [6.45, 7) is 6.21. The van der Waals surface area contributed by atoms with Gasteiger partial charge in [0.05, 0.1) is 0 Å². The number of aliphatic carboxylic acids is 1. The quantitative estimate of drug-likeness (QED) is 0.838. The zero-order valence-corrected chi connectivity index (χ0v) is 13.3. The van der Waals surface area contributed by atoms with Gasteiger partial charge in [-0.25, -0.2) is 9.59 Å². The van der Waals surface area contributed by atoms with Gasteiger partial charge in [0, 0.05) is 12.1 Å². The van der Waals surface area contributed by atoms with Gasteiger partial charge in [-0.05, 0) is 37.5 Å². The smallest absolute Gasteiger partial charge is 0.326 e. The number of hydrogen-bond donors (Lipinski definition) is 2. The molecule has 0 aromatic carbocycles. The summed E-state index contributed by atoms with van der Waals surface area (Å²) in [5.74, 6) is -0.145. The number of hydrogen-bond acceptors (Lipinski definition) is 2. The predicted octanol–water partition coefficient (Wildman–Crippen LogP) is 2.85. The highest BCUT2D eigenvalue weighted by atomic mass is 16.4. The fraction of sp³-hybridized carbons (Fsp3) is 0.875. The highest BCUT2D eigenvalue weighted by molar-refractivity contribution is 5.84. The third-order valence-electron chi connectivity index (χ3n) is 5.16. The van der Waals surface area contributed by atoms with Crippen molar-refractivity contribution < 1.29 is 14.7 Å². The standard InChI is InChI=1S/C16H28N2O3/c1-4-12(10(2)3)17-16(21)18-13-8-6-5-7-11(13)9-14(18)15(19)20/h10-14H,4-9H2,1-3H3,(H,17,21)(H,19,20). The van der Waals surface area contributed by atoms with E-state index in [0.717, 1.165) is 32.1 Å². The van der Waals surface area contributed by atoms with Gasteiger partial charge < -0.3 is 15.3 Å². The molecular formula is C16H28N2O3. The van der Waals surface area contributed by atoms with E-state index in [9.17, 15) is 14.7 Å². The minimum absolute atomic E-state index is 0.106. The molecule has 1 aliphatic heterocycles. The Kier molecular flexibility index (Phi) is 5.12. The molecule has 2 amide bonds. The van der Waals surface area contributed by atoms with E-state index < -0.39 is 12.0 Å². The predicted molar refractivity (Wildman–Crippen MR) is 81.1 cm³/mol. The second kappa shape index (κ2) is 6.67. The van der Waals surface area contributed by atoms with Crippen molar-refractivity contribution >= 4 is 12.0 Å². The van der Waals surface area contributed by atoms with E-state index in [1.54, 1.807) is 4.90 Å². The SMILES string of the molecule is CCC(NC(=O)N1C(C(=O)O)CC2CCCCC21)C(C)C. The summed E-state index contributed by atoms with van der Waals surface area (Å²) in [4.78, 5) is 25.8. The first kappa shape index (κ1) is 16.1. The second-order valence-corrected chi connectivity index (χ2v) is 6.82. The zero-order chi connectivity index (χ0) is 15.6. The van der Waals surface area contributed by atoms with E-state index in [1.807, 2.05) is 6.92 Å². The number of carbonyl (C=O) groups is 2. The highest BCUT2D eigenvalue weighted by Gasteiger charge is 2.47. The average molecular weight is 296 g/mol. The van der Waals surface area contributed by atoms with Crippen molar-refractivity contribution in [3.05, 3.63) is 0 Å². The molecule has 0 aromatic rings. The van der Waals surface area contributed by atoms with Crippen molar-refractivity contribution in [1.82, 2.24) is 10.2 Å². The summed E-state index contributed by atoms with van der Waals surface area (Å²) >= 11 is 0. The van der Waals surface area contributed by atoms with Gasteiger partial charge in [-0.2, -0.15) is 0 Å². The first-order valence-corrected chi connectivity index (χ1v) is 8.27. The number of likely N-dealkylation sites (tertiary alicyclic amines) is 1. The number of carboxylic acid groups (broad SMARTS) is 1. The Labute approximate surface area is 127 Å². The van der Waals surface area contributed by atoms with Gasteiger partial charge in [-0.3, -0.25) is 0 Å². The minimum atomic E-state index is -0.864. The molecule has 2 rings (SSSR count). The number of carbonyl (C=O) groups excluding carboxylic acids is 1. The molecule has 0 spiro atoms. The molecule has 2 N–H and O–H groups in total. The molecular weight excluding hydrogens is 268 g/mol. The number of urea groups is 1. The Morgan fingerprint density at radius 1 is 1.29 bits per heavy atom. The molecule has 0 bridgehead atoms. The number of nitrogens with one attached hydrogen (secondary N) is 1. The van der Waals surface area contributed by atoms with Crippen LogP contribution in [0.1, 0.15) is 59.3 Å². The second-order valence-electron chi connectivity index (χ2n) is 6.82. The molecule has 4 unspecified atom stereocenters. The van der Waals surface area contributed by atoms with Crippen LogP contribution in [0.15, 0.2) is 0 Å². The number of fused-ring (bicyclic) bond motifs is 1. The highest BCUT2D eigenvalue weighted by Crippen LogP contribution is 2.39. The Hall–Kier alpha value is -1.26. The van der Waals surface area contributed by atoms with Crippen LogP contribution in [0.2, 0.25) is 0 Å². The van der Waals surface area contributed by atoms with Gasteiger partial charge in [0.25, 0.3) is 0 Å². The molecule has 2 fully saturated rings. The summed E-state index contributed by atoms with van der Waals surface area (Å²) in [6, 6.07) is -0.612. The third kappa shape index (κ3) is 3.33. The minimum Gasteiger partial charge on any atom is -0.480 e. The first-order valence-electron chi connectivity index (χ1n) is 8.27. The third-order valence-corrected chi connectivity index (χ3v) is 5.16. The summed E-state index contributed by atoms with van der Waals surface area (Å²) in [7, 11) is 0. The van der Waals surface area contributed by atoms with Crippen molar-refractivity contribution in [2.45, 2.75) is 77.4 Å². The van der Waals surface area contributed by atoms with Crippen LogP contribution >= 0.6 is 0 Å². The van der Waals surface area contributed by atoms with Gasteiger partial charge in [0.2, 0.25) is 0 Å². The van der Waals surface area contributed by atoms with Gasteiger partial charge in [-0.1, -0.05) is 33.6 Å². The summed E-state index contributed by atoms with van der Waals surface area (Å²) < 4.78 is 0. The van der Waals surface area contributed by atoms with E-state index in [4.69, 9.17) is 0 Å². The molecule has 0 aromatic heterocycles. The number of rotatable bonds is 4. The lowest BCUT2D eigenvalue weighted by Gasteiger charge is -2.34. The normalized spacial score (nSPS) is 30.1. The lowest BCUT2D eigenvalue weighted by molar-refractivity contribution is -0.141. The number of carboxylic acids is 1. The zero-order valence-electron chi connectivity index (χ0n) is 13.3. The van der Waals surface area contributed by atoms with Crippen molar-refractivity contribution in [2.24, 2.45) is 11.8 Å². The summed E-state index contributed by atoms with van der Waals surface area (Å²) in [6.07, 6.45) is 5.74. The fourth-order valence-corrected chi connectivity index (χ4v) is 3.95. The number of nitrogens with zero attached hydrogens (tertiary/aromatic N) is 1. The Morgan fingerprint density at radius 3 is 2.52 bits per heavy atom. The van der Waals surface area contributed by atoms with Crippen LogP contribution < -0.4 is 5.32 Å². The maximum Gasteiger partial charge on any atom is 0.326 e. The van der Waals surface area contributed by atoms with Crippen LogP contribution in [0, 0.1) is 11.8 Å². The monoisotopic (exact) mass is 296 g/mol. The molecule has 5 heteroatoms. The Bertz CT molecular complexity index is 397. The lowest BCUT2D eigenvalue weighted by atomic mass is 9.85. The Balaban J connectivity index is 2.13. The number of amides is 2. The Morgan fingerprint density at radius 2 is 1.95 bits per heavy atom. The molecule has 2 aliphatic rings. The molecule has 5 nitrogen and oxygen atoms in total. The van der Waals surface area contributed by atoms with Crippen LogP contribution in [0.5, 0.6) is 0 Å². The van der Waals surface area contributed by atoms with Gasteiger partial charge in [0.1, 0.15) is 6.04 Å². The van der Waals surface area contributed by atoms with Crippen LogP contribution in [0.4, 0.5) is 4.79 Å². The molecule has 4 atom stereocenters. The topological polar surface area (TPSA) is 69.6 Å².